The second kappa shape index (κ2) is 7.92. The minimum atomic E-state index is -0.952. The smallest absolute Gasteiger partial charge is 0.335 e. The summed E-state index contributed by atoms with van der Waals surface area (Å²) in [5.41, 5.74) is 2.77. The van der Waals surface area contributed by atoms with E-state index in [2.05, 4.69) is 0 Å². The van der Waals surface area contributed by atoms with Crippen LogP contribution in [0, 0.1) is 6.92 Å². The van der Waals surface area contributed by atoms with Crippen LogP contribution in [0.3, 0.4) is 0 Å². The molecule has 0 aromatic heterocycles. The van der Waals surface area contributed by atoms with Gasteiger partial charge in [0.25, 0.3) is 0 Å². The van der Waals surface area contributed by atoms with Crippen LogP contribution in [-0.2, 0) is 21.5 Å². The van der Waals surface area contributed by atoms with Crippen molar-refractivity contribution in [2.75, 3.05) is 20.3 Å². The number of aryl methyl sites for hydroxylation is 1. The highest BCUT2D eigenvalue weighted by Crippen LogP contribution is 2.38. The maximum absolute atomic E-state index is 13.5. The average Bonchev–Trinajstić information content (AvgIpc) is 2.68. The first-order chi connectivity index (χ1) is 12.9. The van der Waals surface area contributed by atoms with Crippen LogP contribution in [0.15, 0.2) is 48.5 Å². The number of nitrogens with zero attached hydrogens (tertiary/aromatic N) is 1. The molecule has 5 nitrogen and oxygen atoms in total. The number of ether oxygens (including phenoxy) is 1. The Balaban J connectivity index is 1.85. The van der Waals surface area contributed by atoms with Gasteiger partial charge in [0.05, 0.1) is 11.0 Å². The van der Waals surface area contributed by atoms with Crippen LogP contribution < -0.4 is 0 Å². The molecule has 0 bridgehead atoms. The first-order valence-electron chi connectivity index (χ1n) is 9.16. The van der Waals surface area contributed by atoms with E-state index in [0.717, 1.165) is 16.7 Å². The zero-order valence-corrected chi connectivity index (χ0v) is 15.8. The minimum absolute atomic E-state index is 0.0856. The molecule has 0 radical (unpaired) electrons. The summed E-state index contributed by atoms with van der Waals surface area (Å²) < 4.78 is 5.54. The summed E-state index contributed by atoms with van der Waals surface area (Å²) in [4.78, 5) is 26.3. The van der Waals surface area contributed by atoms with E-state index in [1.165, 1.54) is 0 Å². The summed E-state index contributed by atoms with van der Waals surface area (Å²) >= 11 is 0. The van der Waals surface area contributed by atoms with Gasteiger partial charge in [-0.25, -0.2) is 4.79 Å². The van der Waals surface area contributed by atoms with E-state index in [1.54, 1.807) is 29.2 Å². The number of benzene rings is 2. The molecule has 27 heavy (non-hydrogen) atoms. The number of likely N-dealkylation sites (N-methyl/N-ethyl adjacent to an activating group) is 1. The van der Waals surface area contributed by atoms with Gasteiger partial charge in [-0.2, -0.15) is 0 Å². The van der Waals surface area contributed by atoms with Crippen LogP contribution in [0.2, 0.25) is 0 Å². The zero-order valence-electron chi connectivity index (χ0n) is 15.8. The molecule has 1 N–H and O–H groups in total. The molecule has 1 heterocycles. The summed E-state index contributed by atoms with van der Waals surface area (Å²) in [6, 6.07) is 14.7. The fraction of sp³-hybridized carbons (Fsp3) is 0.364. The summed E-state index contributed by atoms with van der Waals surface area (Å²) in [6.45, 7) is 3.63. The monoisotopic (exact) mass is 367 g/mol. The molecule has 0 spiro atoms. The molecule has 2 aromatic carbocycles. The summed E-state index contributed by atoms with van der Waals surface area (Å²) in [7, 11) is 1.81. The molecule has 142 valence electrons. The first kappa shape index (κ1) is 19.1. The number of carbonyl (C=O) groups excluding carboxylic acids is 1. The van der Waals surface area contributed by atoms with Crippen molar-refractivity contribution < 1.29 is 19.4 Å². The van der Waals surface area contributed by atoms with E-state index in [-0.39, 0.29) is 11.5 Å². The molecule has 5 heteroatoms. The highest BCUT2D eigenvalue weighted by Gasteiger charge is 2.44. The molecular weight excluding hydrogens is 342 g/mol. The van der Waals surface area contributed by atoms with Gasteiger partial charge in [-0.15, -0.1) is 0 Å². The lowest BCUT2D eigenvalue weighted by atomic mass is 9.71. The van der Waals surface area contributed by atoms with Crippen LogP contribution >= 0.6 is 0 Å². The van der Waals surface area contributed by atoms with Gasteiger partial charge in [-0.05, 0) is 48.6 Å². The van der Waals surface area contributed by atoms with Crippen molar-refractivity contribution in [2.45, 2.75) is 31.7 Å². The Labute approximate surface area is 159 Å². The molecule has 0 saturated carbocycles. The Morgan fingerprint density at radius 1 is 1.07 bits per heavy atom. The van der Waals surface area contributed by atoms with Crippen molar-refractivity contribution in [3.63, 3.8) is 0 Å². The van der Waals surface area contributed by atoms with E-state index in [1.807, 2.05) is 38.2 Å². The third kappa shape index (κ3) is 3.88. The number of amides is 1. The highest BCUT2D eigenvalue weighted by atomic mass is 16.5. The molecule has 1 fully saturated rings. The van der Waals surface area contributed by atoms with E-state index in [9.17, 15) is 9.59 Å². The number of hydrogen-bond acceptors (Lipinski definition) is 3. The van der Waals surface area contributed by atoms with E-state index < -0.39 is 11.4 Å². The molecule has 0 aliphatic carbocycles. The minimum Gasteiger partial charge on any atom is -0.478 e. The van der Waals surface area contributed by atoms with Gasteiger partial charge < -0.3 is 14.7 Å². The van der Waals surface area contributed by atoms with Crippen LogP contribution in [0.4, 0.5) is 0 Å². The topological polar surface area (TPSA) is 66.8 Å². The fourth-order valence-corrected chi connectivity index (χ4v) is 3.89. The van der Waals surface area contributed by atoms with Crippen molar-refractivity contribution in [1.29, 1.82) is 0 Å². The van der Waals surface area contributed by atoms with Gasteiger partial charge in [0.15, 0.2) is 0 Å². The van der Waals surface area contributed by atoms with E-state index in [4.69, 9.17) is 9.84 Å². The highest BCUT2D eigenvalue weighted by molar-refractivity contribution is 5.89. The molecular formula is C22H25NO4. The number of carbonyl (C=O) groups is 2. The first-order valence-corrected chi connectivity index (χ1v) is 9.16. The van der Waals surface area contributed by atoms with Gasteiger partial charge >= 0.3 is 5.97 Å². The summed E-state index contributed by atoms with van der Waals surface area (Å²) in [5.74, 6) is -0.867. The predicted octanol–water partition coefficient (Wildman–Crippen LogP) is 3.40. The quantitative estimate of drug-likeness (QED) is 0.880. The molecule has 1 aliphatic rings. The molecule has 0 atom stereocenters. The lowest BCUT2D eigenvalue weighted by Crippen LogP contribution is -2.48. The second-order valence-electron chi connectivity index (χ2n) is 7.17. The van der Waals surface area contributed by atoms with Gasteiger partial charge in [0, 0.05) is 26.8 Å². The largest absolute Gasteiger partial charge is 0.478 e. The van der Waals surface area contributed by atoms with Crippen molar-refractivity contribution in [2.24, 2.45) is 0 Å². The number of aromatic carboxylic acids is 1. The van der Waals surface area contributed by atoms with Crippen LogP contribution in [0.25, 0.3) is 0 Å². The third-order valence-electron chi connectivity index (χ3n) is 5.38. The van der Waals surface area contributed by atoms with E-state index >= 15 is 0 Å². The average molecular weight is 367 g/mol. The standard InChI is InChI=1S/C22H25NO4/c1-16-5-3-4-6-19(16)22(11-13-27-14-12-22)21(26)23(2)15-17-7-9-18(10-8-17)20(24)25/h3-10H,11-15H2,1-2H3,(H,24,25). The molecule has 2 aromatic rings. The van der Waals surface area contributed by atoms with Crippen molar-refractivity contribution in [3.8, 4) is 0 Å². The number of rotatable bonds is 5. The Morgan fingerprint density at radius 2 is 1.70 bits per heavy atom. The third-order valence-corrected chi connectivity index (χ3v) is 5.38. The SMILES string of the molecule is Cc1ccccc1C1(C(=O)N(C)Cc2ccc(C(=O)O)cc2)CCOCC1. The number of carboxylic acid groups (broad SMARTS) is 1. The number of carboxylic acids is 1. The molecule has 1 aliphatic heterocycles. The second-order valence-corrected chi connectivity index (χ2v) is 7.17. The maximum Gasteiger partial charge on any atom is 0.335 e. The Bertz CT molecular complexity index is 822. The van der Waals surface area contributed by atoms with Gasteiger partial charge in [-0.3, -0.25) is 4.79 Å². The van der Waals surface area contributed by atoms with Gasteiger partial charge in [0.2, 0.25) is 5.91 Å². The Hall–Kier alpha value is -2.66. The van der Waals surface area contributed by atoms with Crippen LogP contribution in [-0.4, -0.2) is 42.1 Å². The van der Waals surface area contributed by atoms with E-state index in [0.29, 0.717) is 32.6 Å². The summed E-state index contributed by atoms with van der Waals surface area (Å²) in [6.07, 6.45) is 1.33. The lowest BCUT2D eigenvalue weighted by molar-refractivity contribution is -0.140. The van der Waals surface area contributed by atoms with Crippen LogP contribution in [0.5, 0.6) is 0 Å². The predicted molar refractivity (Wildman–Crippen MR) is 103 cm³/mol. The lowest BCUT2D eigenvalue weighted by Gasteiger charge is -2.40. The Kier molecular flexibility index (Phi) is 5.61. The normalized spacial score (nSPS) is 15.9. The molecule has 0 unspecified atom stereocenters. The Morgan fingerprint density at radius 3 is 2.30 bits per heavy atom. The van der Waals surface area contributed by atoms with Crippen molar-refractivity contribution in [3.05, 3.63) is 70.8 Å². The molecule has 1 saturated heterocycles. The van der Waals surface area contributed by atoms with Crippen LogP contribution in [0.1, 0.15) is 39.9 Å². The fourth-order valence-electron chi connectivity index (χ4n) is 3.89. The van der Waals surface area contributed by atoms with Gasteiger partial charge in [0.1, 0.15) is 0 Å². The maximum atomic E-state index is 13.5. The molecule has 3 rings (SSSR count). The summed E-state index contributed by atoms with van der Waals surface area (Å²) in [5, 5.41) is 9.03. The van der Waals surface area contributed by atoms with Crippen molar-refractivity contribution in [1.82, 2.24) is 4.90 Å². The zero-order chi connectivity index (χ0) is 19.4. The molecule has 1 amide bonds. The van der Waals surface area contributed by atoms with Crippen molar-refractivity contribution >= 4 is 11.9 Å². The van der Waals surface area contributed by atoms with Gasteiger partial charge in [-0.1, -0.05) is 36.4 Å². The number of hydrogen-bond donors (Lipinski definition) is 1.